The van der Waals surface area contributed by atoms with Crippen LogP contribution in [0.3, 0.4) is 0 Å². The molecule has 1 aliphatic rings. The molecule has 0 saturated carbocycles. The van der Waals surface area contributed by atoms with Gasteiger partial charge in [0.05, 0.1) is 6.04 Å². The van der Waals surface area contributed by atoms with Crippen LogP contribution in [0.4, 0.5) is 5.69 Å². The van der Waals surface area contributed by atoms with Crippen LogP contribution in [-0.4, -0.2) is 44.2 Å². The average molecular weight is 361 g/mol. The molecule has 6 heteroatoms. The monoisotopic (exact) mass is 360 g/mol. The largest absolute Gasteiger partial charge is 0.459 e. The molecule has 144 valence electrons. The molecule has 0 amide bonds. The maximum absolute atomic E-state index is 11.9. The zero-order chi connectivity index (χ0) is 19.2. The minimum atomic E-state index is -0.487. The van der Waals surface area contributed by atoms with Gasteiger partial charge in [0.25, 0.3) is 0 Å². The minimum absolute atomic E-state index is 0.0717. The van der Waals surface area contributed by atoms with Crippen LogP contribution in [0.25, 0.3) is 0 Å². The van der Waals surface area contributed by atoms with Gasteiger partial charge in [-0.05, 0) is 58.2 Å². The highest BCUT2D eigenvalue weighted by atomic mass is 16.6. The lowest BCUT2D eigenvalue weighted by Crippen LogP contribution is -2.42. The van der Waals surface area contributed by atoms with Gasteiger partial charge in [0.1, 0.15) is 12.1 Å². The summed E-state index contributed by atoms with van der Waals surface area (Å²) in [4.78, 5) is 18.5. The molecule has 0 aromatic heterocycles. The van der Waals surface area contributed by atoms with Gasteiger partial charge in [-0.2, -0.15) is 0 Å². The van der Waals surface area contributed by atoms with Crippen molar-refractivity contribution in [2.24, 2.45) is 4.99 Å². The van der Waals surface area contributed by atoms with Crippen LogP contribution in [0.2, 0.25) is 0 Å². The van der Waals surface area contributed by atoms with Gasteiger partial charge in [0.15, 0.2) is 5.96 Å². The van der Waals surface area contributed by atoms with Crippen molar-refractivity contribution in [1.29, 1.82) is 0 Å². The first-order chi connectivity index (χ1) is 12.3. The maximum Gasteiger partial charge on any atom is 0.325 e. The molecular weight excluding hydrogens is 328 g/mol. The van der Waals surface area contributed by atoms with Crippen molar-refractivity contribution in [1.82, 2.24) is 10.6 Å². The van der Waals surface area contributed by atoms with Crippen LogP contribution in [0.15, 0.2) is 29.3 Å². The molecule has 1 heterocycles. The summed E-state index contributed by atoms with van der Waals surface area (Å²) in [6.45, 7) is 9.99. The number of hydrogen-bond acceptors (Lipinski definition) is 4. The highest BCUT2D eigenvalue weighted by molar-refractivity contribution is 5.84. The van der Waals surface area contributed by atoms with E-state index in [1.807, 2.05) is 20.8 Å². The Kier molecular flexibility index (Phi) is 6.89. The van der Waals surface area contributed by atoms with E-state index >= 15 is 0 Å². The third-order valence-electron chi connectivity index (χ3n) is 4.24. The fraction of sp³-hybridized carbons (Fsp3) is 0.600. The molecule has 1 aliphatic heterocycles. The number of carbonyl (C=O) groups is 1. The van der Waals surface area contributed by atoms with Crippen molar-refractivity contribution >= 4 is 17.6 Å². The van der Waals surface area contributed by atoms with E-state index in [0.29, 0.717) is 5.96 Å². The lowest BCUT2D eigenvalue weighted by atomic mass is 10.1. The Hall–Kier alpha value is -2.24. The summed E-state index contributed by atoms with van der Waals surface area (Å²) >= 11 is 0. The summed E-state index contributed by atoms with van der Waals surface area (Å²) in [5.74, 6) is 0.277. The smallest absolute Gasteiger partial charge is 0.325 e. The van der Waals surface area contributed by atoms with Crippen LogP contribution >= 0.6 is 0 Å². The second kappa shape index (κ2) is 8.92. The standard InChI is InChI=1S/C20H32N4O2/c1-15(16-9-8-10-17(13-16)24-11-6-7-12-24)23-19(21-5)22-14-18(25)26-20(2,3)4/h8-10,13,15H,6-7,11-12,14H2,1-5H3,(H2,21,22,23). The van der Waals surface area contributed by atoms with Crippen LogP contribution in [-0.2, 0) is 9.53 Å². The van der Waals surface area contributed by atoms with E-state index in [9.17, 15) is 4.79 Å². The number of anilines is 1. The van der Waals surface area contributed by atoms with Gasteiger partial charge in [0, 0.05) is 25.8 Å². The minimum Gasteiger partial charge on any atom is -0.459 e. The molecule has 0 spiro atoms. The zero-order valence-corrected chi connectivity index (χ0v) is 16.6. The summed E-state index contributed by atoms with van der Waals surface area (Å²) in [5.41, 5.74) is 1.97. The molecule has 0 aliphatic carbocycles. The number of guanidine groups is 1. The quantitative estimate of drug-likeness (QED) is 0.480. The third kappa shape index (κ3) is 6.24. The third-order valence-corrected chi connectivity index (χ3v) is 4.24. The van der Waals surface area contributed by atoms with Crippen molar-refractivity contribution < 1.29 is 9.53 Å². The van der Waals surface area contributed by atoms with Gasteiger partial charge in [0.2, 0.25) is 0 Å². The molecule has 1 aromatic rings. The molecule has 1 atom stereocenters. The zero-order valence-electron chi connectivity index (χ0n) is 16.6. The predicted octanol–water partition coefficient (Wildman–Crippen LogP) is 2.85. The molecule has 26 heavy (non-hydrogen) atoms. The first-order valence-electron chi connectivity index (χ1n) is 9.32. The SMILES string of the molecule is CN=C(NCC(=O)OC(C)(C)C)NC(C)c1cccc(N2CCCC2)c1. The topological polar surface area (TPSA) is 66.0 Å². The molecule has 1 saturated heterocycles. The fourth-order valence-electron chi connectivity index (χ4n) is 2.98. The number of carbonyl (C=O) groups excluding carboxylic acids is 1. The van der Waals surface area contributed by atoms with E-state index in [1.54, 1.807) is 7.05 Å². The second-order valence-corrected chi connectivity index (χ2v) is 7.67. The number of hydrogen-bond donors (Lipinski definition) is 2. The molecule has 6 nitrogen and oxygen atoms in total. The van der Waals surface area contributed by atoms with E-state index in [0.717, 1.165) is 13.1 Å². The molecule has 2 N–H and O–H groups in total. The first kappa shape index (κ1) is 20.1. The fourth-order valence-corrected chi connectivity index (χ4v) is 2.98. The van der Waals surface area contributed by atoms with Gasteiger partial charge in [-0.15, -0.1) is 0 Å². The number of esters is 1. The summed E-state index contributed by atoms with van der Waals surface area (Å²) in [6, 6.07) is 8.67. The molecule has 1 unspecified atom stereocenters. The molecule has 1 fully saturated rings. The van der Waals surface area contributed by atoms with Crippen molar-refractivity contribution in [3.8, 4) is 0 Å². The van der Waals surface area contributed by atoms with Crippen molar-refractivity contribution in [2.45, 2.75) is 52.2 Å². The van der Waals surface area contributed by atoms with Gasteiger partial charge in [-0.1, -0.05) is 12.1 Å². The predicted molar refractivity (Wildman–Crippen MR) is 107 cm³/mol. The Morgan fingerprint density at radius 1 is 1.31 bits per heavy atom. The normalized spacial score (nSPS) is 16.3. The number of rotatable bonds is 5. The molecule has 1 aromatic carbocycles. The Morgan fingerprint density at radius 2 is 2.00 bits per heavy atom. The van der Waals surface area contributed by atoms with Crippen molar-refractivity contribution in [3.05, 3.63) is 29.8 Å². The van der Waals surface area contributed by atoms with Crippen LogP contribution in [0.1, 0.15) is 52.1 Å². The number of benzene rings is 1. The Labute approximate surface area is 157 Å². The maximum atomic E-state index is 11.9. The molecule has 0 radical (unpaired) electrons. The van der Waals surface area contributed by atoms with E-state index < -0.39 is 5.60 Å². The highest BCUT2D eigenvalue weighted by Gasteiger charge is 2.17. The second-order valence-electron chi connectivity index (χ2n) is 7.67. The van der Waals surface area contributed by atoms with E-state index in [1.165, 1.54) is 24.1 Å². The van der Waals surface area contributed by atoms with Crippen LogP contribution < -0.4 is 15.5 Å². The van der Waals surface area contributed by atoms with Gasteiger partial charge in [-0.3, -0.25) is 9.79 Å². The van der Waals surface area contributed by atoms with Gasteiger partial charge in [-0.25, -0.2) is 0 Å². The summed E-state index contributed by atoms with van der Waals surface area (Å²) in [7, 11) is 1.69. The lowest BCUT2D eigenvalue weighted by molar-refractivity contribution is -0.153. The summed E-state index contributed by atoms with van der Waals surface area (Å²) < 4.78 is 5.31. The average Bonchev–Trinajstić information content (AvgIpc) is 3.11. The van der Waals surface area contributed by atoms with E-state index in [4.69, 9.17) is 4.74 Å². The Balaban J connectivity index is 1.91. The van der Waals surface area contributed by atoms with E-state index in [-0.39, 0.29) is 18.6 Å². The number of ether oxygens (including phenoxy) is 1. The summed E-state index contributed by atoms with van der Waals surface area (Å²) in [6.07, 6.45) is 2.53. The number of nitrogens with one attached hydrogen (secondary N) is 2. The van der Waals surface area contributed by atoms with E-state index in [2.05, 4.69) is 51.7 Å². The van der Waals surface area contributed by atoms with Gasteiger partial charge < -0.3 is 20.3 Å². The van der Waals surface area contributed by atoms with Crippen molar-refractivity contribution in [3.63, 3.8) is 0 Å². The first-order valence-corrected chi connectivity index (χ1v) is 9.32. The molecule has 2 rings (SSSR count). The van der Waals surface area contributed by atoms with Crippen LogP contribution in [0, 0.1) is 0 Å². The molecule has 0 bridgehead atoms. The Morgan fingerprint density at radius 3 is 2.62 bits per heavy atom. The Bertz CT molecular complexity index is 631. The van der Waals surface area contributed by atoms with Crippen LogP contribution in [0.5, 0.6) is 0 Å². The lowest BCUT2D eigenvalue weighted by Gasteiger charge is -2.23. The van der Waals surface area contributed by atoms with Gasteiger partial charge >= 0.3 is 5.97 Å². The number of nitrogens with zero attached hydrogens (tertiary/aromatic N) is 2. The number of aliphatic imine (C=N–C) groups is 1. The molecular formula is C20H32N4O2. The van der Waals surface area contributed by atoms with Crippen molar-refractivity contribution in [2.75, 3.05) is 31.6 Å². The summed E-state index contributed by atoms with van der Waals surface area (Å²) in [5, 5.41) is 6.35. The highest BCUT2D eigenvalue weighted by Crippen LogP contribution is 2.23.